The second-order valence-corrected chi connectivity index (χ2v) is 4.43. The third kappa shape index (κ3) is 5.29. The van der Waals surface area contributed by atoms with E-state index in [9.17, 15) is 0 Å². The molecule has 0 fully saturated rings. The van der Waals surface area contributed by atoms with Gasteiger partial charge in [-0.2, -0.15) is 0 Å². The van der Waals surface area contributed by atoms with Crippen molar-refractivity contribution in [3.8, 4) is 0 Å². The van der Waals surface area contributed by atoms with Gasteiger partial charge in [-0.15, -0.1) is 0 Å². The van der Waals surface area contributed by atoms with Crippen LogP contribution >= 0.6 is 0 Å². The Morgan fingerprint density at radius 1 is 1.19 bits per heavy atom. The Morgan fingerprint density at radius 2 is 1.88 bits per heavy atom. The Balaban J connectivity index is 2.23. The summed E-state index contributed by atoms with van der Waals surface area (Å²) < 4.78 is 0. The van der Waals surface area contributed by atoms with E-state index >= 15 is 0 Å². The monoisotopic (exact) mass is 220 g/mol. The lowest BCUT2D eigenvalue weighted by molar-refractivity contribution is 0.320. The summed E-state index contributed by atoms with van der Waals surface area (Å²) in [6.45, 7) is 8.67. The molecule has 0 unspecified atom stereocenters. The van der Waals surface area contributed by atoms with E-state index in [-0.39, 0.29) is 0 Å². The highest BCUT2D eigenvalue weighted by molar-refractivity contribution is 5.21. The first-order valence-electron chi connectivity index (χ1n) is 6.17. The molecule has 1 aromatic rings. The molecule has 0 bridgehead atoms. The van der Waals surface area contributed by atoms with Gasteiger partial charge in [0.1, 0.15) is 0 Å². The zero-order valence-corrected chi connectivity index (χ0v) is 10.8. The molecule has 0 spiro atoms. The predicted molar refractivity (Wildman–Crippen MR) is 70.7 cm³/mol. The lowest BCUT2D eigenvalue weighted by Gasteiger charge is -2.16. The van der Waals surface area contributed by atoms with Crippen LogP contribution in [0.1, 0.15) is 24.5 Å². The third-order valence-corrected chi connectivity index (χ3v) is 2.72. The van der Waals surface area contributed by atoms with E-state index in [1.165, 1.54) is 17.5 Å². The Morgan fingerprint density at radius 3 is 2.50 bits per heavy atom. The van der Waals surface area contributed by atoms with Gasteiger partial charge in [-0.05, 0) is 45.6 Å². The molecule has 1 rings (SSSR count). The molecule has 1 aromatic carbocycles. The van der Waals surface area contributed by atoms with Crippen LogP contribution in [0.25, 0.3) is 0 Å². The summed E-state index contributed by atoms with van der Waals surface area (Å²) in [5, 5.41) is 3.35. The van der Waals surface area contributed by atoms with Crippen molar-refractivity contribution in [2.75, 3.05) is 26.7 Å². The number of nitrogens with one attached hydrogen (secondary N) is 1. The predicted octanol–water partition coefficient (Wildman–Crippen LogP) is 2.43. The molecule has 0 heterocycles. The maximum Gasteiger partial charge on any atom is 0.0230 e. The number of hydrogen-bond donors (Lipinski definition) is 1. The van der Waals surface area contributed by atoms with Crippen molar-refractivity contribution < 1.29 is 0 Å². The van der Waals surface area contributed by atoms with Crippen LogP contribution in [0.2, 0.25) is 0 Å². The van der Waals surface area contributed by atoms with Crippen LogP contribution in [0.5, 0.6) is 0 Å². The highest BCUT2D eigenvalue weighted by Crippen LogP contribution is 2.05. The van der Waals surface area contributed by atoms with Gasteiger partial charge in [0, 0.05) is 6.54 Å². The molecule has 1 N–H and O–H groups in total. The van der Waals surface area contributed by atoms with Crippen LogP contribution in [0.3, 0.4) is 0 Å². The molecule has 0 aliphatic rings. The summed E-state index contributed by atoms with van der Waals surface area (Å²) in [6.07, 6.45) is 1.22. The minimum absolute atomic E-state index is 1.05. The van der Waals surface area contributed by atoms with Crippen LogP contribution in [0.4, 0.5) is 0 Å². The van der Waals surface area contributed by atoms with Crippen molar-refractivity contribution in [2.45, 2.75) is 26.8 Å². The van der Waals surface area contributed by atoms with Crippen molar-refractivity contribution >= 4 is 0 Å². The Labute approximate surface area is 99.7 Å². The lowest BCUT2D eigenvalue weighted by atomic mass is 10.1. The first kappa shape index (κ1) is 13.2. The van der Waals surface area contributed by atoms with Crippen LogP contribution < -0.4 is 5.32 Å². The Hall–Kier alpha value is -0.860. The molecule has 0 saturated carbocycles. The van der Waals surface area contributed by atoms with Crippen molar-refractivity contribution in [3.05, 3.63) is 35.4 Å². The van der Waals surface area contributed by atoms with Crippen LogP contribution in [0, 0.1) is 6.92 Å². The standard InChI is InChI=1S/C14H24N2/c1-4-15-10-5-11-16(3)12-14-8-6-13(2)7-9-14/h6-9,15H,4-5,10-12H2,1-3H3. The molecule has 0 atom stereocenters. The van der Waals surface area contributed by atoms with E-state index in [0.717, 1.165) is 26.2 Å². The highest BCUT2D eigenvalue weighted by Gasteiger charge is 1.99. The Kier molecular flexibility index (Phi) is 6.12. The van der Waals surface area contributed by atoms with Gasteiger partial charge in [0.2, 0.25) is 0 Å². The van der Waals surface area contributed by atoms with E-state index < -0.39 is 0 Å². The van der Waals surface area contributed by atoms with Crippen molar-refractivity contribution in [1.82, 2.24) is 10.2 Å². The number of aryl methyl sites for hydroxylation is 1. The topological polar surface area (TPSA) is 15.3 Å². The van der Waals surface area contributed by atoms with Gasteiger partial charge in [0.25, 0.3) is 0 Å². The SMILES string of the molecule is CCNCCCN(C)Cc1ccc(C)cc1. The molecule has 16 heavy (non-hydrogen) atoms. The van der Waals surface area contributed by atoms with E-state index in [4.69, 9.17) is 0 Å². The first-order chi connectivity index (χ1) is 7.72. The van der Waals surface area contributed by atoms with E-state index in [0.29, 0.717) is 0 Å². The summed E-state index contributed by atoms with van der Waals surface area (Å²) in [5.74, 6) is 0. The number of benzene rings is 1. The zero-order valence-electron chi connectivity index (χ0n) is 10.8. The maximum atomic E-state index is 3.35. The zero-order chi connectivity index (χ0) is 11.8. The minimum atomic E-state index is 1.05. The first-order valence-corrected chi connectivity index (χ1v) is 6.17. The quantitative estimate of drug-likeness (QED) is 0.710. The van der Waals surface area contributed by atoms with Gasteiger partial charge in [-0.1, -0.05) is 36.8 Å². The van der Waals surface area contributed by atoms with Crippen molar-refractivity contribution in [2.24, 2.45) is 0 Å². The van der Waals surface area contributed by atoms with Gasteiger partial charge >= 0.3 is 0 Å². The fourth-order valence-electron chi connectivity index (χ4n) is 1.73. The second-order valence-electron chi connectivity index (χ2n) is 4.43. The number of nitrogens with zero attached hydrogens (tertiary/aromatic N) is 1. The van der Waals surface area contributed by atoms with Gasteiger partial charge in [0.05, 0.1) is 0 Å². The third-order valence-electron chi connectivity index (χ3n) is 2.72. The van der Waals surface area contributed by atoms with Crippen LogP contribution in [0.15, 0.2) is 24.3 Å². The minimum Gasteiger partial charge on any atom is -0.317 e. The molecular formula is C14H24N2. The molecule has 0 amide bonds. The normalized spacial score (nSPS) is 11.0. The molecule has 90 valence electrons. The summed E-state index contributed by atoms with van der Waals surface area (Å²) >= 11 is 0. The van der Waals surface area contributed by atoms with Crippen LogP contribution in [-0.2, 0) is 6.54 Å². The second kappa shape index (κ2) is 7.42. The van der Waals surface area contributed by atoms with Gasteiger partial charge < -0.3 is 10.2 Å². The molecule has 0 aromatic heterocycles. The van der Waals surface area contributed by atoms with Crippen LogP contribution in [-0.4, -0.2) is 31.6 Å². The highest BCUT2D eigenvalue weighted by atomic mass is 15.1. The fourth-order valence-corrected chi connectivity index (χ4v) is 1.73. The summed E-state index contributed by atoms with van der Waals surface area (Å²) in [4.78, 5) is 2.38. The van der Waals surface area contributed by atoms with E-state index in [1.807, 2.05) is 0 Å². The van der Waals surface area contributed by atoms with E-state index in [1.54, 1.807) is 0 Å². The summed E-state index contributed by atoms with van der Waals surface area (Å²) in [5.41, 5.74) is 2.73. The fraction of sp³-hybridized carbons (Fsp3) is 0.571. The van der Waals surface area contributed by atoms with Gasteiger partial charge in [-0.3, -0.25) is 0 Å². The Bertz CT molecular complexity index is 279. The van der Waals surface area contributed by atoms with Crippen molar-refractivity contribution in [1.29, 1.82) is 0 Å². The van der Waals surface area contributed by atoms with Crippen molar-refractivity contribution in [3.63, 3.8) is 0 Å². The largest absolute Gasteiger partial charge is 0.317 e. The smallest absolute Gasteiger partial charge is 0.0230 e. The average Bonchev–Trinajstić information content (AvgIpc) is 2.28. The molecule has 2 heteroatoms. The lowest BCUT2D eigenvalue weighted by Crippen LogP contribution is -2.23. The summed E-state index contributed by atoms with van der Waals surface area (Å²) in [6, 6.07) is 8.80. The van der Waals surface area contributed by atoms with E-state index in [2.05, 4.69) is 55.4 Å². The molecule has 0 saturated heterocycles. The van der Waals surface area contributed by atoms with Gasteiger partial charge in [-0.25, -0.2) is 0 Å². The molecule has 2 nitrogen and oxygen atoms in total. The molecular weight excluding hydrogens is 196 g/mol. The molecule has 0 aliphatic heterocycles. The number of hydrogen-bond acceptors (Lipinski definition) is 2. The average molecular weight is 220 g/mol. The maximum absolute atomic E-state index is 3.35. The van der Waals surface area contributed by atoms with Gasteiger partial charge in [0.15, 0.2) is 0 Å². The molecule has 0 aliphatic carbocycles. The number of rotatable bonds is 7. The molecule has 0 radical (unpaired) electrons. The summed E-state index contributed by atoms with van der Waals surface area (Å²) in [7, 11) is 2.19.